The average Bonchev–Trinajstić information content (AvgIpc) is 2.42. The van der Waals surface area contributed by atoms with Crippen molar-refractivity contribution in [1.29, 1.82) is 0 Å². The summed E-state index contributed by atoms with van der Waals surface area (Å²) in [5.41, 5.74) is 7.27. The Bertz CT molecular complexity index is 476. The largest absolute Gasteiger partial charge is 0.369 e. The Hall–Kier alpha value is -1.88. The molecule has 5 nitrogen and oxygen atoms in total. The number of piperidine rings is 1. The zero-order chi connectivity index (χ0) is 14.5. The number of carbonyl (C=O) groups excluding carboxylic acids is 2. The number of nitrogens with zero attached hydrogens (tertiary/aromatic N) is 1. The number of hydrogen-bond acceptors (Lipinski definition) is 3. The van der Waals surface area contributed by atoms with E-state index in [0.29, 0.717) is 6.54 Å². The molecule has 2 amide bonds. The van der Waals surface area contributed by atoms with Crippen molar-refractivity contribution >= 4 is 17.5 Å². The lowest BCUT2D eigenvalue weighted by Gasteiger charge is -2.29. The van der Waals surface area contributed by atoms with Gasteiger partial charge in [-0.15, -0.1) is 0 Å². The molecule has 2 rings (SSSR count). The van der Waals surface area contributed by atoms with Crippen LogP contribution in [0.3, 0.4) is 0 Å². The maximum absolute atomic E-state index is 11.9. The first-order valence-corrected chi connectivity index (χ1v) is 6.93. The number of hydrogen-bond donors (Lipinski definition) is 2. The Balaban J connectivity index is 1.78. The molecule has 0 saturated carbocycles. The molecule has 0 aliphatic carbocycles. The lowest BCUT2D eigenvalue weighted by atomic mass is 9.96. The third kappa shape index (κ3) is 4.06. The van der Waals surface area contributed by atoms with Gasteiger partial charge in [0, 0.05) is 11.6 Å². The van der Waals surface area contributed by atoms with E-state index in [-0.39, 0.29) is 17.7 Å². The SMILES string of the molecule is Cc1ccc(NC(=O)CN2CCC(C(N)=O)CC2)cc1. The Morgan fingerprint density at radius 2 is 1.85 bits per heavy atom. The molecular formula is C15H21N3O2. The van der Waals surface area contributed by atoms with Gasteiger partial charge in [0.1, 0.15) is 0 Å². The predicted octanol–water partition coefficient (Wildman–Crippen LogP) is 1.13. The molecule has 1 aromatic rings. The molecule has 5 heteroatoms. The molecule has 1 heterocycles. The Labute approximate surface area is 119 Å². The monoisotopic (exact) mass is 275 g/mol. The predicted molar refractivity (Wildman–Crippen MR) is 78.2 cm³/mol. The molecule has 1 fully saturated rings. The van der Waals surface area contributed by atoms with E-state index in [1.165, 1.54) is 0 Å². The van der Waals surface area contributed by atoms with Gasteiger partial charge >= 0.3 is 0 Å². The number of aryl methyl sites for hydroxylation is 1. The van der Waals surface area contributed by atoms with Crippen LogP contribution in [-0.4, -0.2) is 36.3 Å². The highest BCUT2D eigenvalue weighted by Gasteiger charge is 2.24. The van der Waals surface area contributed by atoms with Crippen LogP contribution < -0.4 is 11.1 Å². The number of likely N-dealkylation sites (tertiary alicyclic amines) is 1. The molecule has 0 radical (unpaired) electrons. The van der Waals surface area contributed by atoms with Gasteiger partial charge in [-0.05, 0) is 45.0 Å². The summed E-state index contributed by atoms with van der Waals surface area (Å²) in [4.78, 5) is 25.1. The molecule has 108 valence electrons. The van der Waals surface area contributed by atoms with Gasteiger partial charge in [-0.3, -0.25) is 14.5 Å². The van der Waals surface area contributed by atoms with Crippen LogP contribution >= 0.6 is 0 Å². The Morgan fingerprint density at radius 3 is 2.40 bits per heavy atom. The van der Waals surface area contributed by atoms with Crippen LogP contribution in [0.15, 0.2) is 24.3 Å². The standard InChI is InChI=1S/C15H21N3O2/c1-11-2-4-13(5-3-11)17-14(19)10-18-8-6-12(7-9-18)15(16)20/h2-5,12H,6-10H2,1H3,(H2,16,20)(H,17,19). The molecule has 0 aromatic heterocycles. The number of anilines is 1. The highest BCUT2D eigenvalue weighted by Crippen LogP contribution is 2.16. The molecule has 1 aromatic carbocycles. The summed E-state index contributed by atoms with van der Waals surface area (Å²) in [5.74, 6) is -0.286. The molecule has 1 saturated heterocycles. The van der Waals surface area contributed by atoms with Crippen LogP contribution in [-0.2, 0) is 9.59 Å². The van der Waals surface area contributed by atoms with Crippen molar-refractivity contribution in [3.05, 3.63) is 29.8 Å². The minimum atomic E-state index is -0.228. The minimum absolute atomic E-state index is 0.0219. The van der Waals surface area contributed by atoms with Gasteiger partial charge in [0.2, 0.25) is 11.8 Å². The summed E-state index contributed by atoms with van der Waals surface area (Å²) < 4.78 is 0. The van der Waals surface area contributed by atoms with Crippen LogP contribution in [0.1, 0.15) is 18.4 Å². The first-order chi connectivity index (χ1) is 9.54. The van der Waals surface area contributed by atoms with Gasteiger partial charge < -0.3 is 11.1 Å². The van der Waals surface area contributed by atoms with Crippen molar-refractivity contribution in [2.75, 3.05) is 25.0 Å². The molecule has 3 N–H and O–H groups in total. The van der Waals surface area contributed by atoms with Crippen molar-refractivity contribution < 1.29 is 9.59 Å². The molecule has 0 unspecified atom stereocenters. The lowest BCUT2D eigenvalue weighted by molar-refractivity contribution is -0.123. The van der Waals surface area contributed by atoms with E-state index in [1.807, 2.05) is 31.2 Å². The molecule has 0 bridgehead atoms. The first kappa shape index (κ1) is 14.5. The molecule has 0 atom stereocenters. The third-order valence-corrected chi connectivity index (χ3v) is 3.69. The molecule has 20 heavy (non-hydrogen) atoms. The summed E-state index contributed by atoms with van der Waals surface area (Å²) in [6.07, 6.45) is 1.49. The fourth-order valence-corrected chi connectivity index (χ4v) is 2.42. The second kappa shape index (κ2) is 6.52. The van der Waals surface area contributed by atoms with E-state index in [0.717, 1.165) is 37.2 Å². The normalized spacial score (nSPS) is 16.9. The summed E-state index contributed by atoms with van der Waals surface area (Å²) >= 11 is 0. The van der Waals surface area contributed by atoms with Crippen molar-refractivity contribution in [2.45, 2.75) is 19.8 Å². The molecular weight excluding hydrogens is 254 g/mol. The van der Waals surface area contributed by atoms with Gasteiger partial charge in [0.05, 0.1) is 6.54 Å². The maximum Gasteiger partial charge on any atom is 0.238 e. The Kier molecular flexibility index (Phi) is 4.74. The van der Waals surface area contributed by atoms with Crippen LogP contribution in [0.2, 0.25) is 0 Å². The van der Waals surface area contributed by atoms with Crippen LogP contribution in [0.25, 0.3) is 0 Å². The molecule has 1 aliphatic rings. The topological polar surface area (TPSA) is 75.4 Å². The highest BCUT2D eigenvalue weighted by molar-refractivity contribution is 5.92. The molecule has 1 aliphatic heterocycles. The van der Waals surface area contributed by atoms with Gasteiger partial charge in [-0.25, -0.2) is 0 Å². The van der Waals surface area contributed by atoms with E-state index >= 15 is 0 Å². The number of carbonyl (C=O) groups is 2. The minimum Gasteiger partial charge on any atom is -0.369 e. The molecule has 0 spiro atoms. The summed E-state index contributed by atoms with van der Waals surface area (Å²) in [6.45, 7) is 3.86. The third-order valence-electron chi connectivity index (χ3n) is 3.69. The number of nitrogens with one attached hydrogen (secondary N) is 1. The van der Waals surface area contributed by atoms with E-state index < -0.39 is 0 Å². The van der Waals surface area contributed by atoms with E-state index in [4.69, 9.17) is 5.73 Å². The van der Waals surface area contributed by atoms with Crippen molar-refractivity contribution in [2.24, 2.45) is 11.7 Å². The maximum atomic E-state index is 11.9. The average molecular weight is 275 g/mol. The fraction of sp³-hybridized carbons (Fsp3) is 0.467. The second-order valence-electron chi connectivity index (χ2n) is 5.37. The van der Waals surface area contributed by atoms with E-state index in [1.54, 1.807) is 0 Å². The Morgan fingerprint density at radius 1 is 1.25 bits per heavy atom. The smallest absolute Gasteiger partial charge is 0.238 e. The quantitative estimate of drug-likeness (QED) is 0.865. The number of rotatable bonds is 4. The van der Waals surface area contributed by atoms with Crippen molar-refractivity contribution in [3.8, 4) is 0 Å². The second-order valence-corrected chi connectivity index (χ2v) is 5.37. The van der Waals surface area contributed by atoms with Crippen molar-refractivity contribution in [3.63, 3.8) is 0 Å². The highest BCUT2D eigenvalue weighted by atomic mass is 16.2. The summed E-state index contributed by atoms with van der Waals surface area (Å²) in [7, 11) is 0. The summed E-state index contributed by atoms with van der Waals surface area (Å²) in [6, 6.07) is 7.72. The fourth-order valence-electron chi connectivity index (χ4n) is 2.42. The number of nitrogens with two attached hydrogens (primary N) is 1. The lowest BCUT2D eigenvalue weighted by Crippen LogP contribution is -2.42. The number of primary amides is 1. The zero-order valence-corrected chi connectivity index (χ0v) is 11.8. The number of amides is 2. The van der Waals surface area contributed by atoms with Crippen LogP contribution in [0.4, 0.5) is 5.69 Å². The van der Waals surface area contributed by atoms with E-state index in [9.17, 15) is 9.59 Å². The summed E-state index contributed by atoms with van der Waals surface area (Å²) in [5, 5.41) is 2.88. The first-order valence-electron chi connectivity index (χ1n) is 6.93. The van der Waals surface area contributed by atoms with Gasteiger partial charge in [0.25, 0.3) is 0 Å². The van der Waals surface area contributed by atoms with Crippen molar-refractivity contribution in [1.82, 2.24) is 4.90 Å². The van der Waals surface area contributed by atoms with E-state index in [2.05, 4.69) is 10.2 Å². The van der Waals surface area contributed by atoms with Crippen LogP contribution in [0.5, 0.6) is 0 Å². The number of benzene rings is 1. The zero-order valence-electron chi connectivity index (χ0n) is 11.8. The van der Waals surface area contributed by atoms with Gasteiger partial charge in [-0.1, -0.05) is 17.7 Å². The van der Waals surface area contributed by atoms with Gasteiger partial charge in [-0.2, -0.15) is 0 Å². The van der Waals surface area contributed by atoms with Crippen LogP contribution in [0, 0.1) is 12.8 Å². The van der Waals surface area contributed by atoms with Gasteiger partial charge in [0.15, 0.2) is 0 Å².